The van der Waals surface area contributed by atoms with Crippen LogP contribution in [0.4, 0.5) is 0 Å². The molecule has 1 N–H and O–H groups in total. The number of rotatable bonds is 9. The molecule has 0 aliphatic rings. The number of hydrogen-bond acceptors (Lipinski definition) is 0. The molecule has 0 aliphatic heterocycles. The Bertz CT molecular complexity index is 77.3. The predicted molar refractivity (Wildman–Crippen MR) is 66.0 cm³/mol. The zero-order valence-corrected chi connectivity index (χ0v) is 10.4. The van der Waals surface area contributed by atoms with Crippen molar-refractivity contribution in [1.82, 2.24) is 0 Å². The van der Waals surface area contributed by atoms with Crippen LogP contribution in [0.5, 0.6) is 0 Å². The second-order valence-corrected chi connectivity index (χ2v) is 4.06. The minimum absolute atomic E-state index is 0. The highest BCUT2D eigenvalue weighted by Gasteiger charge is 2.05. The first kappa shape index (κ1) is 16.5. The molecule has 4 radical (unpaired) electrons. The van der Waals surface area contributed by atoms with Crippen LogP contribution < -0.4 is 4.90 Å². The lowest BCUT2D eigenvalue weighted by Crippen LogP contribution is -3.12. The van der Waals surface area contributed by atoms with Crippen LogP contribution in [0.15, 0.2) is 0 Å². The van der Waals surface area contributed by atoms with Gasteiger partial charge in [-0.2, -0.15) is 0 Å². The highest BCUT2D eigenvalue weighted by atomic mass is 15.1. The molecule has 0 rings (SSSR count). The average molecular weight is 197 g/mol. The van der Waals surface area contributed by atoms with Crippen LogP contribution in [-0.4, -0.2) is 28.0 Å². The first-order valence-corrected chi connectivity index (χ1v) is 6.18. The molecule has 2 heteroatoms. The van der Waals surface area contributed by atoms with E-state index in [0.29, 0.717) is 0 Å². The number of nitrogens with one attached hydrogen (secondary N) is 1. The molecule has 0 bridgehead atoms. The molecule has 0 fully saturated rings. The van der Waals surface area contributed by atoms with Crippen LogP contribution in [0.3, 0.4) is 0 Å². The largest absolute Gasteiger partial charge is 1.00 e. The molecular formula is C12H28BN. The molecule has 0 unspecified atom stereocenters. The minimum Gasteiger partial charge on any atom is -1.00 e. The summed E-state index contributed by atoms with van der Waals surface area (Å²) < 4.78 is 0. The highest BCUT2D eigenvalue weighted by Crippen LogP contribution is 1.85. The van der Waals surface area contributed by atoms with Gasteiger partial charge < -0.3 is 13.3 Å². The van der Waals surface area contributed by atoms with Crippen LogP contribution in [0, 0.1) is 0 Å². The van der Waals surface area contributed by atoms with E-state index in [1.165, 1.54) is 58.2 Å². The summed E-state index contributed by atoms with van der Waals surface area (Å²) in [6.07, 6.45) is 8.26. The fourth-order valence-electron chi connectivity index (χ4n) is 1.66. The first-order chi connectivity index (χ1) is 6.35. The Hall–Kier alpha value is 0.0249. The Morgan fingerprint density at radius 2 is 0.929 bits per heavy atom. The van der Waals surface area contributed by atoms with Crippen molar-refractivity contribution in [2.75, 3.05) is 19.6 Å². The molecule has 84 valence electrons. The van der Waals surface area contributed by atoms with Crippen molar-refractivity contribution in [3.63, 3.8) is 0 Å². The molecule has 1 nitrogen and oxygen atoms in total. The van der Waals surface area contributed by atoms with Crippen LogP contribution in [-0.2, 0) is 0 Å². The van der Waals surface area contributed by atoms with Crippen LogP contribution in [0.2, 0.25) is 0 Å². The van der Waals surface area contributed by atoms with Gasteiger partial charge in [0.05, 0.1) is 19.6 Å². The van der Waals surface area contributed by atoms with Gasteiger partial charge in [-0.25, -0.2) is 0 Å². The Balaban J connectivity index is 0. The van der Waals surface area contributed by atoms with Gasteiger partial charge in [-0.05, 0) is 19.3 Å². The summed E-state index contributed by atoms with van der Waals surface area (Å²) in [6, 6.07) is 0. The average Bonchev–Trinajstić information content (AvgIpc) is 2.17. The molecular weight excluding hydrogens is 169 g/mol. The predicted octanol–water partition coefficient (Wildman–Crippen LogP) is 1.89. The summed E-state index contributed by atoms with van der Waals surface area (Å²) in [5, 5.41) is 0. The molecule has 0 aliphatic carbocycles. The van der Waals surface area contributed by atoms with Crippen molar-refractivity contribution in [2.45, 2.75) is 59.3 Å². The van der Waals surface area contributed by atoms with E-state index in [9.17, 15) is 0 Å². The third-order valence-electron chi connectivity index (χ3n) is 2.65. The monoisotopic (exact) mass is 197 g/mol. The number of hydrogen-bond donors (Lipinski definition) is 1. The van der Waals surface area contributed by atoms with E-state index < -0.39 is 0 Å². The van der Waals surface area contributed by atoms with Crippen molar-refractivity contribution in [2.24, 2.45) is 0 Å². The summed E-state index contributed by atoms with van der Waals surface area (Å²) >= 11 is 0. The molecule has 0 saturated heterocycles. The van der Waals surface area contributed by atoms with Gasteiger partial charge in [0.2, 0.25) is 0 Å². The maximum absolute atomic E-state index is 2.29. The third-order valence-corrected chi connectivity index (χ3v) is 2.65. The zero-order valence-electron chi connectivity index (χ0n) is 10.4. The van der Waals surface area contributed by atoms with E-state index >= 15 is 0 Å². The quantitative estimate of drug-likeness (QED) is 0.538. The summed E-state index contributed by atoms with van der Waals surface area (Å²) in [7, 11) is 0. The SMILES string of the molecule is CCCC[NH+](CCCC)CCCC.[B-]. The summed E-state index contributed by atoms with van der Waals surface area (Å²) in [4.78, 5) is 1.84. The lowest BCUT2D eigenvalue weighted by atomic mass is 10.2. The van der Waals surface area contributed by atoms with Crippen molar-refractivity contribution in [3.8, 4) is 0 Å². The standard InChI is InChI=1S/C12H27N.B/c1-4-7-10-13(11-8-5-2)12-9-6-3;/h4-12H2,1-3H3;/q;-1/p+1. The smallest absolute Gasteiger partial charge is 0.0770 e. The van der Waals surface area contributed by atoms with E-state index in [2.05, 4.69) is 20.8 Å². The van der Waals surface area contributed by atoms with Crippen molar-refractivity contribution in [1.29, 1.82) is 0 Å². The fraction of sp³-hybridized carbons (Fsp3) is 1.00. The van der Waals surface area contributed by atoms with Gasteiger partial charge in [-0.15, -0.1) is 0 Å². The normalized spacial score (nSPS) is 10.3. The lowest BCUT2D eigenvalue weighted by molar-refractivity contribution is -0.900. The van der Waals surface area contributed by atoms with Gasteiger partial charge in [-0.1, -0.05) is 40.0 Å². The molecule has 0 aromatic rings. The summed E-state index contributed by atoms with van der Waals surface area (Å²) in [5.74, 6) is 0. The van der Waals surface area contributed by atoms with E-state index in [-0.39, 0.29) is 8.41 Å². The molecule has 0 amide bonds. The highest BCUT2D eigenvalue weighted by molar-refractivity contribution is 5.75. The van der Waals surface area contributed by atoms with Gasteiger partial charge in [0.25, 0.3) is 0 Å². The summed E-state index contributed by atoms with van der Waals surface area (Å²) in [5.41, 5.74) is 0. The first-order valence-electron chi connectivity index (χ1n) is 6.18. The van der Waals surface area contributed by atoms with Gasteiger partial charge in [0.15, 0.2) is 0 Å². The van der Waals surface area contributed by atoms with Gasteiger partial charge in [0.1, 0.15) is 0 Å². The van der Waals surface area contributed by atoms with E-state index in [4.69, 9.17) is 0 Å². The van der Waals surface area contributed by atoms with Gasteiger partial charge in [0, 0.05) is 0 Å². The molecule has 14 heavy (non-hydrogen) atoms. The van der Waals surface area contributed by atoms with Crippen LogP contribution in [0.25, 0.3) is 0 Å². The Kier molecular flexibility index (Phi) is 15.3. The second-order valence-electron chi connectivity index (χ2n) is 4.06. The minimum atomic E-state index is 0. The maximum Gasteiger partial charge on any atom is 0.0770 e. The maximum atomic E-state index is 2.29. The third kappa shape index (κ3) is 10.1. The van der Waals surface area contributed by atoms with Gasteiger partial charge >= 0.3 is 0 Å². The topological polar surface area (TPSA) is 4.44 Å². The zero-order chi connectivity index (χ0) is 9.94. The number of unbranched alkanes of at least 4 members (excludes halogenated alkanes) is 3. The second kappa shape index (κ2) is 13.0. The molecule has 0 aromatic carbocycles. The Morgan fingerprint density at radius 3 is 1.14 bits per heavy atom. The van der Waals surface area contributed by atoms with E-state index in [0.717, 1.165) is 0 Å². The van der Waals surface area contributed by atoms with Crippen LogP contribution in [0.1, 0.15) is 59.3 Å². The van der Waals surface area contributed by atoms with Gasteiger partial charge in [-0.3, -0.25) is 0 Å². The van der Waals surface area contributed by atoms with Crippen molar-refractivity contribution in [3.05, 3.63) is 0 Å². The molecule has 0 aromatic heterocycles. The molecule has 0 heterocycles. The van der Waals surface area contributed by atoms with E-state index in [1.807, 2.05) is 4.90 Å². The molecule has 0 spiro atoms. The van der Waals surface area contributed by atoms with E-state index in [1.54, 1.807) is 0 Å². The van der Waals surface area contributed by atoms with Crippen molar-refractivity contribution < 1.29 is 4.90 Å². The Morgan fingerprint density at radius 1 is 0.643 bits per heavy atom. The number of quaternary nitrogens is 1. The fourth-order valence-corrected chi connectivity index (χ4v) is 1.66. The molecule has 0 atom stereocenters. The van der Waals surface area contributed by atoms with Crippen LogP contribution >= 0.6 is 0 Å². The summed E-state index contributed by atoms with van der Waals surface area (Å²) in [6.45, 7) is 11.1. The molecule has 0 saturated carbocycles. The van der Waals surface area contributed by atoms with Crippen molar-refractivity contribution >= 4 is 8.41 Å². The Labute approximate surface area is 92.8 Å². The lowest BCUT2D eigenvalue weighted by Gasteiger charge is -2.18.